The van der Waals surface area contributed by atoms with Crippen LogP contribution in [0.15, 0.2) is 48.5 Å². The van der Waals surface area contributed by atoms with Gasteiger partial charge in [0.25, 0.3) is 0 Å². The van der Waals surface area contributed by atoms with Crippen molar-refractivity contribution >= 4 is 33.1 Å². The summed E-state index contributed by atoms with van der Waals surface area (Å²) >= 11 is 6.36. The van der Waals surface area contributed by atoms with Crippen LogP contribution in [-0.2, 0) is 12.8 Å². The zero-order valence-corrected chi connectivity index (χ0v) is 11.5. The average molecular weight is 267 g/mol. The van der Waals surface area contributed by atoms with E-state index in [9.17, 15) is 0 Å². The second-order valence-electron chi connectivity index (χ2n) is 5.43. The molecule has 0 aromatic heterocycles. The van der Waals surface area contributed by atoms with Gasteiger partial charge in [-0.3, -0.25) is 0 Å². The van der Waals surface area contributed by atoms with Crippen molar-refractivity contribution in [2.75, 3.05) is 0 Å². The predicted octanol–water partition coefficient (Wildman–Crippen LogP) is 5.09. The lowest BCUT2D eigenvalue weighted by atomic mass is 9.86. The first-order valence-corrected chi connectivity index (χ1v) is 7.33. The number of benzene rings is 3. The van der Waals surface area contributed by atoms with Crippen LogP contribution in [0.1, 0.15) is 17.5 Å². The predicted molar refractivity (Wildman–Crippen MR) is 83.1 cm³/mol. The van der Waals surface area contributed by atoms with E-state index in [-0.39, 0.29) is 0 Å². The summed E-state index contributed by atoms with van der Waals surface area (Å²) in [5.74, 6) is 0. The fourth-order valence-electron chi connectivity index (χ4n) is 3.31. The van der Waals surface area contributed by atoms with E-state index in [0.29, 0.717) is 5.38 Å². The molecule has 1 aliphatic carbocycles. The standard InChI is InChI=1S/C18H15Cl/c19-14-8-5-13-7-9-16-15-4-2-1-3-12(15)6-10-17(16)18(13)11-14/h1-4,6-7,9-10,14H,5,8,11H2. The van der Waals surface area contributed by atoms with Gasteiger partial charge in [-0.2, -0.15) is 0 Å². The summed E-state index contributed by atoms with van der Waals surface area (Å²) in [5.41, 5.74) is 2.95. The van der Waals surface area contributed by atoms with Crippen LogP contribution in [0.2, 0.25) is 0 Å². The van der Waals surface area contributed by atoms with Gasteiger partial charge >= 0.3 is 0 Å². The van der Waals surface area contributed by atoms with E-state index >= 15 is 0 Å². The van der Waals surface area contributed by atoms with Gasteiger partial charge in [0.2, 0.25) is 0 Å². The second-order valence-corrected chi connectivity index (χ2v) is 6.04. The highest BCUT2D eigenvalue weighted by Crippen LogP contribution is 2.34. The summed E-state index contributed by atoms with van der Waals surface area (Å²) in [7, 11) is 0. The van der Waals surface area contributed by atoms with Crippen molar-refractivity contribution in [1.29, 1.82) is 0 Å². The normalized spacial score (nSPS) is 18.7. The third kappa shape index (κ3) is 1.74. The lowest BCUT2D eigenvalue weighted by Crippen LogP contribution is -2.14. The first-order valence-electron chi connectivity index (χ1n) is 6.89. The van der Waals surface area contributed by atoms with Crippen LogP contribution in [0.3, 0.4) is 0 Å². The molecule has 1 unspecified atom stereocenters. The first kappa shape index (κ1) is 11.3. The van der Waals surface area contributed by atoms with Gasteiger partial charge in [0, 0.05) is 5.38 Å². The maximum Gasteiger partial charge on any atom is 0.0379 e. The molecule has 0 amide bonds. The van der Waals surface area contributed by atoms with Crippen molar-refractivity contribution in [1.82, 2.24) is 0 Å². The van der Waals surface area contributed by atoms with E-state index in [1.807, 2.05) is 0 Å². The molecule has 0 fully saturated rings. The van der Waals surface area contributed by atoms with Gasteiger partial charge in [-0.05, 0) is 51.9 Å². The van der Waals surface area contributed by atoms with Gasteiger partial charge < -0.3 is 0 Å². The lowest BCUT2D eigenvalue weighted by Gasteiger charge is -2.22. The van der Waals surface area contributed by atoms with Crippen molar-refractivity contribution in [3.05, 3.63) is 59.7 Å². The third-order valence-corrected chi connectivity index (χ3v) is 4.66. The fourth-order valence-corrected chi connectivity index (χ4v) is 3.57. The van der Waals surface area contributed by atoms with Crippen LogP contribution in [0, 0.1) is 0 Å². The molecule has 0 saturated carbocycles. The number of alkyl halides is 1. The van der Waals surface area contributed by atoms with Crippen LogP contribution in [0.4, 0.5) is 0 Å². The molecule has 1 aliphatic rings. The molecular formula is C18H15Cl. The van der Waals surface area contributed by atoms with Crippen molar-refractivity contribution in [2.45, 2.75) is 24.6 Å². The minimum atomic E-state index is 0.296. The smallest absolute Gasteiger partial charge is 0.0379 e. The Morgan fingerprint density at radius 2 is 1.68 bits per heavy atom. The molecule has 0 saturated heterocycles. The van der Waals surface area contributed by atoms with Crippen molar-refractivity contribution in [2.24, 2.45) is 0 Å². The van der Waals surface area contributed by atoms with Crippen molar-refractivity contribution in [3.63, 3.8) is 0 Å². The highest BCUT2D eigenvalue weighted by atomic mass is 35.5. The van der Waals surface area contributed by atoms with Crippen LogP contribution in [0.5, 0.6) is 0 Å². The summed E-state index contributed by atoms with van der Waals surface area (Å²) in [4.78, 5) is 0. The fraction of sp³-hybridized carbons (Fsp3) is 0.222. The molecule has 3 aromatic rings. The minimum absolute atomic E-state index is 0.296. The van der Waals surface area contributed by atoms with E-state index < -0.39 is 0 Å². The largest absolute Gasteiger partial charge is 0.123 e. The number of fused-ring (bicyclic) bond motifs is 5. The molecule has 0 N–H and O–H groups in total. The molecule has 0 heterocycles. The quantitative estimate of drug-likeness (QED) is 0.393. The number of aryl methyl sites for hydroxylation is 1. The molecule has 0 radical (unpaired) electrons. The molecule has 1 atom stereocenters. The summed E-state index contributed by atoms with van der Waals surface area (Å²) < 4.78 is 0. The van der Waals surface area contributed by atoms with Gasteiger partial charge in [0.15, 0.2) is 0 Å². The summed E-state index contributed by atoms with van der Waals surface area (Å²) in [6.45, 7) is 0. The van der Waals surface area contributed by atoms with Crippen molar-refractivity contribution in [3.8, 4) is 0 Å². The molecule has 4 rings (SSSR count). The van der Waals surface area contributed by atoms with Gasteiger partial charge in [0.1, 0.15) is 0 Å². The zero-order valence-electron chi connectivity index (χ0n) is 10.7. The van der Waals surface area contributed by atoms with Crippen LogP contribution >= 0.6 is 11.6 Å². The SMILES string of the molecule is ClC1CCc2ccc3c(ccc4ccccc43)c2C1. The van der Waals surface area contributed by atoms with E-state index in [1.165, 1.54) is 32.7 Å². The van der Waals surface area contributed by atoms with Gasteiger partial charge in [-0.1, -0.05) is 48.5 Å². The monoisotopic (exact) mass is 266 g/mol. The molecular weight excluding hydrogens is 252 g/mol. The molecule has 94 valence electrons. The summed E-state index contributed by atoms with van der Waals surface area (Å²) in [5, 5.41) is 5.71. The molecule has 0 nitrogen and oxygen atoms in total. The highest BCUT2D eigenvalue weighted by Gasteiger charge is 2.18. The average Bonchev–Trinajstić information content (AvgIpc) is 2.46. The Kier molecular flexibility index (Phi) is 2.53. The van der Waals surface area contributed by atoms with Crippen LogP contribution in [-0.4, -0.2) is 5.38 Å². The minimum Gasteiger partial charge on any atom is -0.123 e. The Bertz CT molecular complexity index is 773. The lowest BCUT2D eigenvalue weighted by molar-refractivity contribution is 0.699. The zero-order chi connectivity index (χ0) is 12.8. The maximum atomic E-state index is 6.36. The second kappa shape index (κ2) is 4.25. The topological polar surface area (TPSA) is 0 Å². The van der Waals surface area contributed by atoms with E-state index in [2.05, 4.69) is 48.5 Å². The van der Waals surface area contributed by atoms with E-state index in [0.717, 1.165) is 19.3 Å². The Balaban J connectivity index is 2.10. The van der Waals surface area contributed by atoms with Crippen LogP contribution in [0.25, 0.3) is 21.5 Å². The van der Waals surface area contributed by atoms with E-state index in [1.54, 1.807) is 0 Å². The Morgan fingerprint density at radius 3 is 2.63 bits per heavy atom. The molecule has 3 aromatic carbocycles. The molecule has 0 spiro atoms. The molecule has 0 bridgehead atoms. The number of hydrogen-bond donors (Lipinski definition) is 0. The summed E-state index contributed by atoms with van der Waals surface area (Å²) in [6, 6.07) is 17.7. The maximum absolute atomic E-state index is 6.36. The highest BCUT2D eigenvalue weighted by molar-refractivity contribution is 6.21. The number of halogens is 1. The van der Waals surface area contributed by atoms with E-state index in [4.69, 9.17) is 11.6 Å². The summed E-state index contributed by atoms with van der Waals surface area (Å²) in [6.07, 6.45) is 3.23. The number of rotatable bonds is 0. The van der Waals surface area contributed by atoms with Gasteiger partial charge in [-0.15, -0.1) is 11.6 Å². The Hall–Kier alpha value is -1.53. The Morgan fingerprint density at radius 1 is 0.842 bits per heavy atom. The van der Waals surface area contributed by atoms with Gasteiger partial charge in [0.05, 0.1) is 0 Å². The van der Waals surface area contributed by atoms with Gasteiger partial charge in [-0.25, -0.2) is 0 Å². The molecule has 1 heteroatoms. The third-order valence-electron chi connectivity index (χ3n) is 4.29. The molecule has 0 aliphatic heterocycles. The molecule has 19 heavy (non-hydrogen) atoms. The first-order chi connectivity index (χ1) is 9.33. The Labute approximate surface area is 118 Å². The van der Waals surface area contributed by atoms with Crippen molar-refractivity contribution < 1.29 is 0 Å². The number of hydrogen-bond acceptors (Lipinski definition) is 0. The van der Waals surface area contributed by atoms with Crippen LogP contribution < -0.4 is 0 Å².